The summed E-state index contributed by atoms with van der Waals surface area (Å²) in [4.78, 5) is 16.0. The van der Waals surface area contributed by atoms with Crippen LogP contribution >= 0.6 is 0 Å². The van der Waals surface area contributed by atoms with Crippen LogP contribution in [0.3, 0.4) is 0 Å². The second kappa shape index (κ2) is 9.82. The van der Waals surface area contributed by atoms with Gasteiger partial charge in [-0.15, -0.1) is 0 Å². The fourth-order valence-electron chi connectivity index (χ4n) is 2.59. The standard InChI is InChI=1S/C19H16F3N3O3.C2H6/c1-10-3-4-12(26)7-15(10)23-19-24-18(27)16(28-2)9-25(19)8-11-5-13(20)17(22)14(21)6-11;1-2/h3-7,9,26H,8H2,1-2H3,(H,23,24,27);1-2H3. The van der Waals surface area contributed by atoms with Gasteiger partial charge in [-0.2, -0.15) is 4.98 Å². The Morgan fingerprint density at radius 3 is 2.37 bits per heavy atom. The molecule has 0 aliphatic rings. The number of aromatic nitrogens is 2. The lowest BCUT2D eigenvalue weighted by Crippen LogP contribution is -2.19. The van der Waals surface area contributed by atoms with Crippen LogP contribution in [0.2, 0.25) is 0 Å². The SMILES string of the molecule is CC.COc1cn(Cc2cc(F)c(F)c(F)c2)c(Nc2cc(O)ccc2C)nc1=O. The van der Waals surface area contributed by atoms with Crippen LogP contribution in [0.5, 0.6) is 11.5 Å². The van der Waals surface area contributed by atoms with Crippen molar-refractivity contribution in [1.29, 1.82) is 0 Å². The first-order valence-electron chi connectivity index (χ1n) is 9.14. The minimum absolute atomic E-state index is 0.00168. The highest BCUT2D eigenvalue weighted by Gasteiger charge is 2.14. The molecule has 0 unspecified atom stereocenters. The molecule has 0 bridgehead atoms. The summed E-state index contributed by atoms with van der Waals surface area (Å²) in [6.07, 6.45) is 1.31. The molecule has 0 spiro atoms. The molecule has 2 N–H and O–H groups in total. The third kappa shape index (κ3) is 5.11. The molecule has 0 saturated heterocycles. The van der Waals surface area contributed by atoms with Gasteiger partial charge in [0, 0.05) is 11.8 Å². The van der Waals surface area contributed by atoms with Crippen molar-refractivity contribution in [3.05, 3.63) is 75.5 Å². The number of nitrogens with one attached hydrogen (secondary N) is 1. The quantitative estimate of drug-likeness (QED) is 0.593. The van der Waals surface area contributed by atoms with E-state index in [1.807, 2.05) is 13.8 Å². The molecule has 0 atom stereocenters. The van der Waals surface area contributed by atoms with Gasteiger partial charge in [0.25, 0.3) is 0 Å². The van der Waals surface area contributed by atoms with Gasteiger partial charge >= 0.3 is 5.56 Å². The highest BCUT2D eigenvalue weighted by Crippen LogP contribution is 2.25. The number of nitrogens with zero attached hydrogens (tertiary/aromatic N) is 2. The van der Waals surface area contributed by atoms with Gasteiger partial charge in [-0.25, -0.2) is 13.2 Å². The lowest BCUT2D eigenvalue weighted by molar-refractivity contribution is 0.402. The Morgan fingerprint density at radius 1 is 1.13 bits per heavy atom. The fourth-order valence-corrected chi connectivity index (χ4v) is 2.59. The van der Waals surface area contributed by atoms with Crippen LogP contribution in [0.1, 0.15) is 25.0 Å². The summed E-state index contributed by atoms with van der Waals surface area (Å²) in [7, 11) is 1.28. The first-order valence-corrected chi connectivity index (χ1v) is 9.14. The Hall–Kier alpha value is -3.49. The van der Waals surface area contributed by atoms with Crippen LogP contribution < -0.4 is 15.6 Å². The molecule has 6 nitrogen and oxygen atoms in total. The minimum atomic E-state index is -1.56. The fraction of sp³-hybridized carbons (Fsp3) is 0.238. The number of ether oxygens (including phenoxy) is 1. The normalized spacial score (nSPS) is 10.2. The summed E-state index contributed by atoms with van der Waals surface area (Å²) in [6, 6.07) is 6.31. The van der Waals surface area contributed by atoms with Crippen molar-refractivity contribution in [2.45, 2.75) is 27.3 Å². The molecule has 0 amide bonds. The Balaban J connectivity index is 0.00000155. The van der Waals surface area contributed by atoms with E-state index in [4.69, 9.17) is 4.74 Å². The maximum absolute atomic E-state index is 13.5. The zero-order valence-electron chi connectivity index (χ0n) is 17.0. The zero-order chi connectivity index (χ0) is 22.4. The summed E-state index contributed by atoms with van der Waals surface area (Å²) in [6.45, 7) is 5.65. The van der Waals surface area contributed by atoms with Gasteiger partial charge < -0.3 is 19.7 Å². The number of methoxy groups -OCH3 is 1. The van der Waals surface area contributed by atoms with Gasteiger partial charge in [0.15, 0.2) is 17.5 Å². The number of phenols is 1. The van der Waals surface area contributed by atoms with Crippen LogP contribution in [0.25, 0.3) is 0 Å². The number of aryl methyl sites for hydroxylation is 1. The Labute approximate surface area is 171 Å². The summed E-state index contributed by atoms with van der Waals surface area (Å²) in [5.74, 6) is -4.25. The van der Waals surface area contributed by atoms with Gasteiger partial charge in [-0.3, -0.25) is 4.79 Å². The van der Waals surface area contributed by atoms with Crippen molar-refractivity contribution in [2.24, 2.45) is 0 Å². The van der Waals surface area contributed by atoms with Crippen molar-refractivity contribution in [2.75, 3.05) is 12.4 Å². The molecule has 0 aliphatic carbocycles. The lowest BCUT2D eigenvalue weighted by atomic mass is 10.2. The molecule has 0 saturated carbocycles. The molecule has 3 rings (SSSR count). The van der Waals surface area contributed by atoms with Crippen LogP contribution in [0, 0.1) is 24.4 Å². The van der Waals surface area contributed by atoms with Crippen molar-refractivity contribution in [3.8, 4) is 11.5 Å². The summed E-state index contributed by atoms with van der Waals surface area (Å²) in [5, 5.41) is 12.6. The van der Waals surface area contributed by atoms with Gasteiger partial charge in [-0.05, 0) is 36.2 Å². The lowest BCUT2D eigenvalue weighted by Gasteiger charge is -2.16. The van der Waals surface area contributed by atoms with E-state index < -0.39 is 23.0 Å². The third-order valence-corrected chi connectivity index (χ3v) is 4.05. The molecule has 30 heavy (non-hydrogen) atoms. The maximum atomic E-state index is 13.5. The largest absolute Gasteiger partial charge is 0.508 e. The van der Waals surface area contributed by atoms with Gasteiger partial charge in [0.2, 0.25) is 11.7 Å². The highest BCUT2D eigenvalue weighted by atomic mass is 19.2. The van der Waals surface area contributed by atoms with E-state index in [1.54, 1.807) is 13.0 Å². The monoisotopic (exact) mass is 421 g/mol. The predicted octanol–water partition coefficient (Wildman–Crippen LogP) is 4.50. The molecule has 0 radical (unpaired) electrons. The first kappa shape index (κ1) is 22.8. The molecule has 0 fully saturated rings. The van der Waals surface area contributed by atoms with Crippen molar-refractivity contribution in [1.82, 2.24) is 9.55 Å². The van der Waals surface area contributed by atoms with Gasteiger partial charge in [-0.1, -0.05) is 19.9 Å². The number of halogens is 3. The maximum Gasteiger partial charge on any atom is 0.316 e. The number of aromatic hydroxyl groups is 1. The second-order valence-electron chi connectivity index (χ2n) is 6.06. The van der Waals surface area contributed by atoms with E-state index in [0.29, 0.717) is 5.69 Å². The number of phenolic OH excluding ortho intramolecular Hbond substituents is 1. The average Bonchev–Trinajstić information content (AvgIpc) is 2.72. The Morgan fingerprint density at radius 2 is 1.77 bits per heavy atom. The number of hydrogen-bond donors (Lipinski definition) is 2. The van der Waals surface area contributed by atoms with Crippen molar-refractivity contribution in [3.63, 3.8) is 0 Å². The van der Waals surface area contributed by atoms with E-state index >= 15 is 0 Å². The van der Waals surface area contributed by atoms with Crippen LogP contribution in [-0.2, 0) is 6.54 Å². The minimum Gasteiger partial charge on any atom is -0.508 e. The molecular formula is C21H22F3N3O3. The Kier molecular flexibility index (Phi) is 7.46. The molecule has 0 aliphatic heterocycles. The molecule has 1 aromatic heterocycles. The summed E-state index contributed by atoms with van der Waals surface area (Å²) >= 11 is 0. The number of hydrogen-bond acceptors (Lipinski definition) is 5. The van der Waals surface area contributed by atoms with E-state index in [2.05, 4.69) is 10.3 Å². The van der Waals surface area contributed by atoms with E-state index in [0.717, 1.165) is 17.7 Å². The van der Waals surface area contributed by atoms with E-state index in [9.17, 15) is 23.1 Å². The summed E-state index contributed by atoms with van der Waals surface area (Å²) < 4.78 is 46.6. The van der Waals surface area contributed by atoms with E-state index in [-0.39, 0.29) is 29.6 Å². The van der Waals surface area contributed by atoms with Crippen molar-refractivity contribution < 1.29 is 23.0 Å². The molecule has 3 aromatic rings. The van der Waals surface area contributed by atoms with Crippen molar-refractivity contribution >= 4 is 11.6 Å². The predicted molar refractivity (Wildman–Crippen MR) is 108 cm³/mol. The molecule has 1 heterocycles. The molecule has 160 valence electrons. The topological polar surface area (TPSA) is 76.4 Å². The van der Waals surface area contributed by atoms with Crippen LogP contribution in [0.15, 0.2) is 41.3 Å². The number of rotatable bonds is 5. The highest BCUT2D eigenvalue weighted by molar-refractivity contribution is 5.61. The first-order chi connectivity index (χ1) is 14.3. The molecular weight excluding hydrogens is 399 g/mol. The summed E-state index contributed by atoms with van der Waals surface area (Å²) in [5.41, 5.74) is 0.686. The number of anilines is 2. The van der Waals surface area contributed by atoms with Crippen LogP contribution in [-0.4, -0.2) is 21.8 Å². The van der Waals surface area contributed by atoms with Gasteiger partial charge in [0.05, 0.1) is 19.9 Å². The Bertz CT molecular complexity index is 1080. The smallest absolute Gasteiger partial charge is 0.316 e. The second-order valence-corrected chi connectivity index (χ2v) is 6.06. The van der Waals surface area contributed by atoms with Crippen LogP contribution in [0.4, 0.5) is 24.8 Å². The van der Waals surface area contributed by atoms with E-state index in [1.165, 1.54) is 30.0 Å². The number of benzene rings is 2. The third-order valence-electron chi connectivity index (χ3n) is 4.05. The molecule has 9 heteroatoms. The average molecular weight is 421 g/mol. The molecule has 2 aromatic carbocycles. The zero-order valence-corrected chi connectivity index (χ0v) is 17.0. The van der Waals surface area contributed by atoms with Gasteiger partial charge in [0.1, 0.15) is 5.75 Å².